The first kappa shape index (κ1) is 24.5. The molecule has 1 unspecified atom stereocenters. The van der Waals surface area contributed by atoms with E-state index in [1.807, 2.05) is 31.2 Å². The summed E-state index contributed by atoms with van der Waals surface area (Å²) in [5.74, 6) is 0.112. The number of hydrogen-bond acceptors (Lipinski definition) is 4. The number of thioether (sulfide) groups is 1. The van der Waals surface area contributed by atoms with Crippen LogP contribution in [0.5, 0.6) is 0 Å². The van der Waals surface area contributed by atoms with Crippen molar-refractivity contribution in [3.05, 3.63) is 77.9 Å². The van der Waals surface area contributed by atoms with Gasteiger partial charge in [-0.15, -0.1) is 11.8 Å². The maximum Gasteiger partial charge on any atom is 0.251 e. The summed E-state index contributed by atoms with van der Waals surface area (Å²) in [7, 11) is 0. The molecule has 0 aliphatic rings. The zero-order valence-electron chi connectivity index (χ0n) is 19.1. The lowest BCUT2D eigenvalue weighted by molar-refractivity contribution is -0.124. The van der Waals surface area contributed by atoms with Crippen LogP contribution in [0.1, 0.15) is 49.0 Å². The van der Waals surface area contributed by atoms with E-state index in [2.05, 4.69) is 41.0 Å². The van der Waals surface area contributed by atoms with Gasteiger partial charge in [0.25, 0.3) is 5.91 Å². The Hall–Kier alpha value is -3.12. The van der Waals surface area contributed by atoms with Crippen molar-refractivity contribution in [2.24, 2.45) is 0 Å². The number of ketones is 1. The van der Waals surface area contributed by atoms with E-state index in [-0.39, 0.29) is 24.1 Å². The molecule has 0 aliphatic carbocycles. The average Bonchev–Trinajstić information content (AvgIpc) is 2.83. The van der Waals surface area contributed by atoms with Crippen LogP contribution in [0.25, 0.3) is 10.8 Å². The highest BCUT2D eigenvalue weighted by molar-refractivity contribution is 7.98. The molecule has 0 radical (unpaired) electrons. The third kappa shape index (κ3) is 7.46. The molecule has 0 bridgehead atoms. The predicted octanol–water partition coefficient (Wildman–Crippen LogP) is 5.13. The van der Waals surface area contributed by atoms with Gasteiger partial charge in [0.05, 0.1) is 12.6 Å². The Morgan fingerprint density at radius 2 is 1.67 bits per heavy atom. The summed E-state index contributed by atoms with van der Waals surface area (Å²) in [6.07, 6.45) is 2.30. The van der Waals surface area contributed by atoms with E-state index in [0.717, 1.165) is 23.5 Å². The largest absolute Gasteiger partial charge is 0.349 e. The summed E-state index contributed by atoms with van der Waals surface area (Å²) in [6.45, 7) is 3.33. The molecule has 2 amide bonds. The summed E-state index contributed by atoms with van der Waals surface area (Å²) in [5.41, 5.74) is 1.76. The summed E-state index contributed by atoms with van der Waals surface area (Å²) >= 11 is 1.72. The highest BCUT2D eigenvalue weighted by Crippen LogP contribution is 2.25. The quantitative estimate of drug-likeness (QED) is 0.388. The molecule has 0 aromatic heterocycles. The maximum atomic E-state index is 12.7. The Kier molecular flexibility index (Phi) is 9.07. The molecule has 3 aromatic carbocycles. The van der Waals surface area contributed by atoms with E-state index >= 15 is 0 Å². The number of Topliss-reactive ketones (excluding diaryl/α,β-unsaturated/α-hetero) is 1. The van der Waals surface area contributed by atoms with Crippen LogP contribution in [0, 0.1) is 0 Å². The second-order valence-electron chi connectivity index (χ2n) is 8.04. The molecular formula is C27H30N2O3S. The van der Waals surface area contributed by atoms with Crippen molar-refractivity contribution in [3.63, 3.8) is 0 Å². The smallest absolute Gasteiger partial charge is 0.251 e. The van der Waals surface area contributed by atoms with Crippen molar-refractivity contribution in [1.82, 2.24) is 10.6 Å². The van der Waals surface area contributed by atoms with Crippen LogP contribution in [0.2, 0.25) is 0 Å². The first-order valence-corrected chi connectivity index (χ1v) is 12.2. The van der Waals surface area contributed by atoms with Crippen LogP contribution in [0.4, 0.5) is 0 Å². The molecule has 0 aliphatic heterocycles. The highest BCUT2D eigenvalue weighted by Gasteiger charge is 2.21. The van der Waals surface area contributed by atoms with Crippen LogP contribution < -0.4 is 10.6 Å². The molecule has 3 rings (SSSR count). The molecule has 33 heavy (non-hydrogen) atoms. The van der Waals surface area contributed by atoms with Crippen LogP contribution in [0.15, 0.2) is 71.6 Å². The minimum Gasteiger partial charge on any atom is -0.349 e. The van der Waals surface area contributed by atoms with Gasteiger partial charge >= 0.3 is 0 Å². The van der Waals surface area contributed by atoms with E-state index in [0.29, 0.717) is 12.0 Å². The van der Waals surface area contributed by atoms with Gasteiger partial charge in [-0.3, -0.25) is 14.4 Å². The second-order valence-corrected chi connectivity index (χ2v) is 9.09. The fourth-order valence-corrected chi connectivity index (χ4v) is 4.34. The third-order valence-corrected chi connectivity index (χ3v) is 6.47. The molecule has 172 valence electrons. The SMILES string of the molecule is CCCCC(NC(=O)c1ccc(SCc2ccc3ccccc3c2)cc1)C(=O)CNC(C)=O. The highest BCUT2D eigenvalue weighted by atomic mass is 32.2. The van der Waals surface area contributed by atoms with Crippen molar-refractivity contribution in [2.75, 3.05) is 6.54 Å². The van der Waals surface area contributed by atoms with Crippen molar-refractivity contribution in [2.45, 2.75) is 49.8 Å². The minimum absolute atomic E-state index is 0.0751. The maximum absolute atomic E-state index is 12.7. The van der Waals surface area contributed by atoms with E-state index in [1.54, 1.807) is 23.9 Å². The van der Waals surface area contributed by atoms with E-state index in [9.17, 15) is 14.4 Å². The van der Waals surface area contributed by atoms with Crippen LogP contribution in [-0.4, -0.2) is 30.2 Å². The summed E-state index contributed by atoms with van der Waals surface area (Å²) in [4.78, 5) is 37.3. The molecule has 0 saturated carbocycles. The summed E-state index contributed by atoms with van der Waals surface area (Å²) < 4.78 is 0. The van der Waals surface area contributed by atoms with Crippen LogP contribution in [0.3, 0.4) is 0 Å². The molecule has 0 heterocycles. The first-order chi connectivity index (χ1) is 16.0. The van der Waals surface area contributed by atoms with Gasteiger partial charge in [0.1, 0.15) is 0 Å². The van der Waals surface area contributed by atoms with E-state index in [4.69, 9.17) is 0 Å². The molecule has 6 heteroatoms. The lowest BCUT2D eigenvalue weighted by atomic mass is 10.0. The lowest BCUT2D eigenvalue weighted by Gasteiger charge is -2.18. The van der Waals surface area contributed by atoms with Gasteiger partial charge in [0.2, 0.25) is 5.91 Å². The van der Waals surface area contributed by atoms with Gasteiger partial charge in [-0.05, 0) is 47.0 Å². The molecule has 2 N–H and O–H groups in total. The number of carbonyl (C=O) groups excluding carboxylic acids is 3. The zero-order valence-corrected chi connectivity index (χ0v) is 19.9. The number of benzene rings is 3. The summed E-state index contributed by atoms with van der Waals surface area (Å²) in [6, 6.07) is 21.6. The Morgan fingerprint density at radius 3 is 2.36 bits per heavy atom. The first-order valence-electron chi connectivity index (χ1n) is 11.2. The van der Waals surface area contributed by atoms with Gasteiger partial charge in [0, 0.05) is 23.1 Å². The molecule has 1 atom stereocenters. The van der Waals surface area contributed by atoms with Gasteiger partial charge in [0.15, 0.2) is 5.78 Å². The second kappa shape index (κ2) is 12.2. The molecule has 0 saturated heterocycles. The molecule has 0 fully saturated rings. The van der Waals surface area contributed by atoms with Gasteiger partial charge in [-0.1, -0.05) is 62.2 Å². The standard InChI is InChI=1S/C27H30N2O3S/c1-3-4-9-25(26(31)17-28-19(2)30)29-27(32)22-12-14-24(15-13-22)33-18-20-10-11-21-7-5-6-8-23(21)16-20/h5-8,10-16,25H,3-4,9,17-18H2,1-2H3,(H,28,30)(H,29,32). The molecule has 5 nitrogen and oxygen atoms in total. The van der Waals surface area contributed by atoms with Crippen LogP contribution in [-0.2, 0) is 15.3 Å². The number of hydrogen-bond donors (Lipinski definition) is 2. The van der Waals surface area contributed by atoms with Crippen LogP contribution >= 0.6 is 11.8 Å². The van der Waals surface area contributed by atoms with Crippen molar-refractivity contribution < 1.29 is 14.4 Å². The van der Waals surface area contributed by atoms with Crippen molar-refractivity contribution >= 4 is 40.1 Å². The number of unbranched alkanes of at least 4 members (excludes halogenated alkanes) is 1. The monoisotopic (exact) mass is 462 g/mol. The molecular weight excluding hydrogens is 432 g/mol. The lowest BCUT2D eigenvalue weighted by Crippen LogP contribution is -2.45. The number of fused-ring (bicyclic) bond motifs is 1. The molecule has 3 aromatic rings. The predicted molar refractivity (Wildman–Crippen MR) is 134 cm³/mol. The number of amides is 2. The van der Waals surface area contributed by atoms with Gasteiger partial charge < -0.3 is 10.6 Å². The third-order valence-electron chi connectivity index (χ3n) is 5.39. The van der Waals surface area contributed by atoms with Gasteiger partial charge in [-0.2, -0.15) is 0 Å². The average molecular weight is 463 g/mol. The van der Waals surface area contributed by atoms with Gasteiger partial charge in [-0.25, -0.2) is 0 Å². The topological polar surface area (TPSA) is 75.3 Å². The molecule has 0 spiro atoms. The Morgan fingerprint density at radius 1 is 0.939 bits per heavy atom. The van der Waals surface area contributed by atoms with E-state index < -0.39 is 6.04 Å². The van der Waals surface area contributed by atoms with Crippen molar-refractivity contribution in [1.29, 1.82) is 0 Å². The number of rotatable bonds is 11. The van der Waals surface area contributed by atoms with Crippen molar-refractivity contribution in [3.8, 4) is 0 Å². The Labute approximate surface area is 199 Å². The number of nitrogens with one attached hydrogen (secondary N) is 2. The fourth-order valence-electron chi connectivity index (χ4n) is 3.50. The minimum atomic E-state index is -0.605. The Bertz CT molecular complexity index is 1110. The summed E-state index contributed by atoms with van der Waals surface area (Å²) in [5, 5.41) is 7.82. The normalized spacial score (nSPS) is 11.7. The fraction of sp³-hybridized carbons (Fsp3) is 0.296. The van der Waals surface area contributed by atoms with E-state index in [1.165, 1.54) is 23.3 Å². The zero-order chi connectivity index (χ0) is 23.6. The number of carbonyl (C=O) groups is 3. The Balaban J connectivity index is 1.58.